The van der Waals surface area contributed by atoms with Crippen LogP contribution in [0.2, 0.25) is 0 Å². The van der Waals surface area contributed by atoms with Gasteiger partial charge in [0.1, 0.15) is 5.82 Å². The fraction of sp³-hybridized carbons (Fsp3) is 0.391. The van der Waals surface area contributed by atoms with Gasteiger partial charge in [-0.05, 0) is 61.2 Å². The van der Waals surface area contributed by atoms with Crippen molar-refractivity contribution in [3.8, 4) is 0 Å². The third-order valence-corrected chi connectivity index (χ3v) is 5.32. The Morgan fingerprint density at radius 1 is 0.968 bits per heavy atom. The molecular weight excluding hydrogens is 407 g/mol. The van der Waals surface area contributed by atoms with Crippen molar-refractivity contribution < 1.29 is 22.8 Å². The van der Waals surface area contributed by atoms with Crippen LogP contribution in [0.4, 0.5) is 13.2 Å². The first kappa shape index (κ1) is 22.8. The summed E-state index contributed by atoms with van der Waals surface area (Å²) in [6.07, 6.45) is 2.39. The van der Waals surface area contributed by atoms with Crippen LogP contribution in [-0.2, 0) is 11.3 Å². The van der Waals surface area contributed by atoms with E-state index in [1.54, 1.807) is 6.07 Å². The van der Waals surface area contributed by atoms with E-state index in [0.29, 0.717) is 31.5 Å². The second-order valence-corrected chi connectivity index (χ2v) is 7.73. The van der Waals surface area contributed by atoms with Crippen LogP contribution in [0.1, 0.15) is 41.6 Å². The normalized spacial score (nSPS) is 14.9. The second kappa shape index (κ2) is 10.9. The molecular formula is C23H26F3N3O2. The smallest absolute Gasteiger partial charge is 0.251 e. The van der Waals surface area contributed by atoms with Crippen LogP contribution in [0.5, 0.6) is 0 Å². The lowest BCUT2D eigenvalue weighted by molar-refractivity contribution is -0.122. The Bertz CT molecular complexity index is 897. The zero-order valence-electron chi connectivity index (χ0n) is 17.2. The van der Waals surface area contributed by atoms with Gasteiger partial charge >= 0.3 is 0 Å². The SMILES string of the molecule is O=C(CCCNC(=O)c1ccc(F)cc1)NC1CCN(Cc2ccc(F)c(F)c2)CC1. The summed E-state index contributed by atoms with van der Waals surface area (Å²) in [5.41, 5.74) is 1.10. The molecule has 0 saturated carbocycles. The summed E-state index contributed by atoms with van der Waals surface area (Å²) in [6, 6.07) is 9.31. The largest absolute Gasteiger partial charge is 0.353 e. The van der Waals surface area contributed by atoms with Crippen molar-refractivity contribution in [3.63, 3.8) is 0 Å². The summed E-state index contributed by atoms with van der Waals surface area (Å²) >= 11 is 0. The van der Waals surface area contributed by atoms with Gasteiger partial charge in [0.15, 0.2) is 11.6 Å². The third kappa shape index (κ3) is 7.10. The quantitative estimate of drug-likeness (QED) is 0.628. The molecule has 1 fully saturated rings. The Labute approximate surface area is 179 Å². The molecule has 1 heterocycles. The topological polar surface area (TPSA) is 61.4 Å². The Hall–Kier alpha value is -2.87. The minimum absolute atomic E-state index is 0.0601. The van der Waals surface area contributed by atoms with Gasteiger partial charge in [0.05, 0.1) is 0 Å². The molecule has 0 aliphatic carbocycles. The van der Waals surface area contributed by atoms with Crippen molar-refractivity contribution in [1.82, 2.24) is 15.5 Å². The number of hydrogen-bond acceptors (Lipinski definition) is 3. The molecule has 0 unspecified atom stereocenters. The number of carbonyl (C=O) groups is 2. The maximum Gasteiger partial charge on any atom is 0.251 e. The van der Waals surface area contributed by atoms with Crippen molar-refractivity contribution >= 4 is 11.8 Å². The third-order valence-electron chi connectivity index (χ3n) is 5.32. The molecule has 1 aliphatic rings. The van der Waals surface area contributed by atoms with Gasteiger partial charge in [0.2, 0.25) is 5.91 Å². The first-order chi connectivity index (χ1) is 14.9. The van der Waals surface area contributed by atoms with Crippen LogP contribution < -0.4 is 10.6 Å². The molecule has 2 N–H and O–H groups in total. The van der Waals surface area contributed by atoms with E-state index in [1.165, 1.54) is 30.3 Å². The Morgan fingerprint density at radius 2 is 1.68 bits per heavy atom. The second-order valence-electron chi connectivity index (χ2n) is 7.73. The average Bonchev–Trinajstić information content (AvgIpc) is 2.75. The van der Waals surface area contributed by atoms with Gasteiger partial charge in [-0.2, -0.15) is 0 Å². The van der Waals surface area contributed by atoms with Crippen LogP contribution in [-0.4, -0.2) is 42.4 Å². The number of carbonyl (C=O) groups excluding carboxylic acids is 2. The van der Waals surface area contributed by atoms with Crippen molar-refractivity contribution in [2.75, 3.05) is 19.6 Å². The standard InChI is InChI=1S/C23H26F3N3O2/c24-18-6-4-17(5-7-18)23(31)27-11-1-2-22(30)28-19-9-12-29(13-10-19)15-16-3-8-20(25)21(26)14-16/h3-8,14,19H,1-2,9-13,15H2,(H,27,31)(H,28,30). The lowest BCUT2D eigenvalue weighted by Gasteiger charge is -2.32. The molecule has 3 rings (SSSR count). The molecule has 2 aromatic rings. The number of nitrogens with one attached hydrogen (secondary N) is 2. The molecule has 31 heavy (non-hydrogen) atoms. The summed E-state index contributed by atoms with van der Waals surface area (Å²) in [7, 11) is 0. The van der Waals surface area contributed by atoms with E-state index in [4.69, 9.17) is 0 Å². The van der Waals surface area contributed by atoms with E-state index in [9.17, 15) is 22.8 Å². The molecule has 0 radical (unpaired) electrons. The summed E-state index contributed by atoms with van der Waals surface area (Å²) < 4.78 is 39.2. The van der Waals surface area contributed by atoms with E-state index in [2.05, 4.69) is 15.5 Å². The van der Waals surface area contributed by atoms with Crippen molar-refractivity contribution in [2.45, 2.75) is 38.3 Å². The molecule has 166 valence electrons. The average molecular weight is 433 g/mol. The number of halogens is 3. The molecule has 2 amide bonds. The van der Waals surface area contributed by atoms with Crippen LogP contribution >= 0.6 is 0 Å². The first-order valence-corrected chi connectivity index (χ1v) is 10.4. The van der Waals surface area contributed by atoms with E-state index in [-0.39, 0.29) is 17.9 Å². The van der Waals surface area contributed by atoms with Crippen LogP contribution in [0.3, 0.4) is 0 Å². The van der Waals surface area contributed by atoms with Crippen molar-refractivity contribution in [1.29, 1.82) is 0 Å². The number of piperidine rings is 1. The minimum atomic E-state index is -0.847. The van der Waals surface area contributed by atoms with E-state index >= 15 is 0 Å². The zero-order valence-corrected chi connectivity index (χ0v) is 17.2. The van der Waals surface area contributed by atoms with E-state index in [1.807, 2.05) is 0 Å². The lowest BCUT2D eigenvalue weighted by Crippen LogP contribution is -2.44. The highest BCUT2D eigenvalue weighted by Crippen LogP contribution is 2.16. The fourth-order valence-corrected chi connectivity index (χ4v) is 3.59. The molecule has 0 atom stereocenters. The first-order valence-electron chi connectivity index (χ1n) is 10.4. The Morgan fingerprint density at radius 3 is 2.35 bits per heavy atom. The van der Waals surface area contributed by atoms with E-state index < -0.39 is 17.5 Å². The highest BCUT2D eigenvalue weighted by Gasteiger charge is 2.21. The zero-order chi connectivity index (χ0) is 22.2. The number of nitrogens with zero attached hydrogens (tertiary/aromatic N) is 1. The molecule has 8 heteroatoms. The van der Waals surface area contributed by atoms with Gasteiger partial charge in [0.25, 0.3) is 5.91 Å². The monoisotopic (exact) mass is 433 g/mol. The number of amides is 2. The van der Waals surface area contributed by atoms with Gasteiger partial charge in [-0.25, -0.2) is 13.2 Å². The highest BCUT2D eigenvalue weighted by molar-refractivity contribution is 5.94. The molecule has 1 aliphatic heterocycles. The Balaban J connectivity index is 1.30. The summed E-state index contributed by atoms with van der Waals surface area (Å²) in [4.78, 5) is 26.2. The molecule has 2 aromatic carbocycles. The summed E-state index contributed by atoms with van der Waals surface area (Å²) in [5.74, 6) is -2.44. The predicted octanol–water partition coefficient (Wildman–Crippen LogP) is 3.39. The fourth-order valence-electron chi connectivity index (χ4n) is 3.59. The molecule has 0 spiro atoms. The van der Waals surface area contributed by atoms with Crippen LogP contribution in [0.15, 0.2) is 42.5 Å². The van der Waals surface area contributed by atoms with Gasteiger partial charge in [-0.15, -0.1) is 0 Å². The minimum Gasteiger partial charge on any atom is -0.353 e. The number of benzene rings is 2. The van der Waals surface area contributed by atoms with Crippen molar-refractivity contribution in [3.05, 3.63) is 71.0 Å². The Kier molecular flexibility index (Phi) is 8.06. The van der Waals surface area contributed by atoms with Gasteiger partial charge in [-0.3, -0.25) is 14.5 Å². The highest BCUT2D eigenvalue weighted by atomic mass is 19.2. The van der Waals surface area contributed by atoms with Crippen LogP contribution in [0, 0.1) is 17.5 Å². The van der Waals surface area contributed by atoms with Gasteiger partial charge in [0, 0.05) is 44.2 Å². The maximum absolute atomic E-state index is 13.3. The molecule has 0 bridgehead atoms. The summed E-state index contributed by atoms with van der Waals surface area (Å²) in [5, 5.41) is 5.73. The summed E-state index contributed by atoms with van der Waals surface area (Å²) in [6.45, 7) is 2.43. The van der Waals surface area contributed by atoms with Gasteiger partial charge in [-0.1, -0.05) is 6.07 Å². The van der Waals surface area contributed by atoms with Crippen molar-refractivity contribution in [2.24, 2.45) is 0 Å². The van der Waals surface area contributed by atoms with E-state index in [0.717, 1.165) is 37.6 Å². The number of likely N-dealkylation sites (tertiary alicyclic amines) is 1. The number of hydrogen-bond donors (Lipinski definition) is 2. The predicted molar refractivity (Wildman–Crippen MR) is 111 cm³/mol. The van der Waals surface area contributed by atoms with Crippen LogP contribution in [0.25, 0.3) is 0 Å². The lowest BCUT2D eigenvalue weighted by atomic mass is 10.0. The number of rotatable bonds is 8. The molecule has 5 nitrogen and oxygen atoms in total. The molecule has 0 aromatic heterocycles. The van der Waals surface area contributed by atoms with Gasteiger partial charge < -0.3 is 10.6 Å². The molecule has 1 saturated heterocycles. The maximum atomic E-state index is 13.3.